The molecular weight excluding hydrogens is 595 g/mol. The molecule has 0 spiro atoms. The van der Waals surface area contributed by atoms with Crippen LogP contribution in [0.4, 0.5) is 0 Å². The summed E-state index contributed by atoms with van der Waals surface area (Å²) in [7, 11) is 0. The van der Waals surface area contributed by atoms with Gasteiger partial charge in [0, 0.05) is 38.4 Å². The Morgan fingerprint density at radius 1 is 0.347 bits per heavy atom. The fraction of sp³-hybridized carbons (Fsp3) is 0. The van der Waals surface area contributed by atoms with Gasteiger partial charge in [-0.25, -0.2) is 9.97 Å². The fourth-order valence-electron chi connectivity index (χ4n) is 7.54. The van der Waals surface area contributed by atoms with Crippen molar-refractivity contribution in [2.75, 3.05) is 0 Å². The molecule has 0 saturated heterocycles. The lowest BCUT2D eigenvalue weighted by atomic mass is 9.95. The largest absolute Gasteiger partial charge is 0.308 e. The third-order valence-corrected chi connectivity index (χ3v) is 9.73. The molecule has 0 amide bonds. The first-order valence-corrected chi connectivity index (χ1v) is 16.7. The molecule has 0 N–H and O–H groups in total. The Balaban J connectivity index is 1.32. The van der Waals surface area contributed by atoms with Crippen molar-refractivity contribution in [2.45, 2.75) is 0 Å². The molecule has 3 nitrogen and oxygen atoms in total. The molecule has 3 heteroatoms. The number of nitrogens with zero attached hydrogens (tertiary/aromatic N) is 3. The Bertz CT molecular complexity index is 2870. The van der Waals surface area contributed by atoms with Gasteiger partial charge in [0.2, 0.25) is 0 Å². The lowest BCUT2D eigenvalue weighted by Gasteiger charge is -2.15. The average molecular weight is 624 g/mol. The average Bonchev–Trinajstić information content (AvgIpc) is 3.53. The molecule has 2 heterocycles. The molecule has 0 aliphatic rings. The van der Waals surface area contributed by atoms with Gasteiger partial charge in [-0.1, -0.05) is 146 Å². The Kier molecular flexibility index (Phi) is 6.18. The second-order valence-electron chi connectivity index (χ2n) is 12.6. The summed E-state index contributed by atoms with van der Waals surface area (Å²) in [4.78, 5) is 10.4. The van der Waals surface area contributed by atoms with Crippen LogP contribution in [-0.4, -0.2) is 14.5 Å². The normalized spacial score (nSPS) is 11.7. The molecule has 0 radical (unpaired) electrons. The number of fused-ring (bicyclic) bond motifs is 8. The summed E-state index contributed by atoms with van der Waals surface area (Å²) in [6, 6.07) is 62.6. The maximum Gasteiger partial charge on any atom is 0.0973 e. The van der Waals surface area contributed by atoms with E-state index < -0.39 is 0 Å². The van der Waals surface area contributed by atoms with E-state index in [9.17, 15) is 0 Å². The van der Waals surface area contributed by atoms with E-state index in [4.69, 9.17) is 9.97 Å². The van der Waals surface area contributed by atoms with E-state index in [0.717, 1.165) is 39.2 Å². The molecule has 8 aromatic carbocycles. The van der Waals surface area contributed by atoms with Crippen molar-refractivity contribution in [1.29, 1.82) is 0 Å². The molecule has 10 aromatic rings. The molecule has 0 aliphatic carbocycles. The van der Waals surface area contributed by atoms with E-state index >= 15 is 0 Å². The van der Waals surface area contributed by atoms with Crippen LogP contribution < -0.4 is 0 Å². The maximum absolute atomic E-state index is 5.24. The molecule has 0 saturated carbocycles. The number of aromatic nitrogens is 3. The zero-order chi connectivity index (χ0) is 32.3. The van der Waals surface area contributed by atoms with Crippen molar-refractivity contribution in [1.82, 2.24) is 14.5 Å². The Hall–Kier alpha value is -6.58. The highest BCUT2D eigenvalue weighted by Gasteiger charge is 2.21. The van der Waals surface area contributed by atoms with Crippen LogP contribution in [0.2, 0.25) is 0 Å². The summed E-state index contributed by atoms with van der Waals surface area (Å²) in [6.45, 7) is 0. The molecule has 10 rings (SSSR count). The second-order valence-corrected chi connectivity index (χ2v) is 12.6. The first-order chi connectivity index (χ1) is 24.3. The first-order valence-electron chi connectivity index (χ1n) is 16.7. The summed E-state index contributed by atoms with van der Waals surface area (Å²) in [6.07, 6.45) is 0. The Morgan fingerprint density at radius 3 is 1.65 bits per heavy atom. The van der Waals surface area contributed by atoms with Gasteiger partial charge in [-0.05, 0) is 52.2 Å². The fourth-order valence-corrected chi connectivity index (χ4v) is 7.54. The lowest BCUT2D eigenvalue weighted by molar-refractivity contribution is 1.19. The van der Waals surface area contributed by atoms with Crippen molar-refractivity contribution >= 4 is 54.4 Å². The lowest BCUT2D eigenvalue weighted by Crippen LogP contribution is -1.98. The SMILES string of the molecule is c1ccc(-c2nc3ccccc3nc2-c2cccc(-n3c4c5ccccc5ccc4c4cc(-c5ccccc5)c5ccccc5c43)c2)cc1. The van der Waals surface area contributed by atoms with Gasteiger partial charge in [0.05, 0.1) is 33.5 Å². The standard InChI is InChI=1S/C46H29N3/c1-3-14-30(15-4-1)39-29-40-38-27-26-31-16-7-8-21-35(31)45(38)49(46(40)37-23-10-9-22-36(37)39)34-20-13-19-33(28-34)44-43(32-17-5-2-6-18-32)47-41-24-11-12-25-42(41)48-44/h1-29H. The van der Waals surface area contributed by atoms with E-state index in [-0.39, 0.29) is 0 Å². The summed E-state index contributed by atoms with van der Waals surface area (Å²) < 4.78 is 2.48. The number of para-hydroxylation sites is 2. The third kappa shape index (κ3) is 4.37. The summed E-state index contributed by atoms with van der Waals surface area (Å²) >= 11 is 0. The molecule has 0 atom stereocenters. The second kappa shape index (κ2) is 11.0. The van der Waals surface area contributed by atoms with Gasteiger partial charge in [-0.3, -0.25) is 0 Å². The van der Waals surface area contributed by atoms with Crippen LogP contribution >= 0.6 is 0 Å². The Labute approximate surface area is 283 Å². The smallest absolute Gasteiger partial charge is 0.0973 e. The van der Waals surface area contributed by atoms with Crippen LogP contribution in [0.1, 0.15) is 0 Å². The van der Waals surface area contributed by atoms with Crippen molar-refractivity contribution in [2.24, 2.45) is 0 Å². The van der Waals surface area contributed by atoms with Crippen molar-refractivity contribution in [3.8, 4) is 39.3 Å². The molecule has 0 aliphatic heterocycles. The van der Waals surface area contributed by atoms with Gasteiger partial charge >= 0.3 is 0 Å². The Morgan fingerprint density at radius 2 is 0.898 bits per heavy atom. The maximum atomic E-state index is 5.24. The van der Waals surface area contributed by atoms with Crippen LogP contribution in [0.25, 0.3) is 93.7 Å². The minimum Gasteiger partial charge on any atom is -0.308 e. The van der Waals surface area contributed by atoms with Crippen LogP contribution in [0, 0.1) is 0 Å². The molecule has 0 unspecified atom stereocenters. The molecule has 228 valence electrons. The summed E-state index contributed by atoms with van der Waals surface area (Å²) in [5.41, 5.74) is 11.5. The van der Waals surface area contributed by atoms with Gasteiger partial charge in [-0.2, -0.15) is 0 Å². The number of hydrogen-bond donors (Lipinski definition) is 0. The van der Waals surface area contributed by atoms with Gasteiger partial charge in [-0.15, -0.1) is 0 Å². The number of rotatable bonds is 4. The minimum absolute atomic E-state index is 0.869. The van der Waals surface area contributed by atoms with E-state index in [2.05, 4.69) is 150 Å². The minimum atomic E-state index is 0.869. The molecular formula is C46H29N3. The zero-order valence-corrected chi connectivity index (χ0v) is 26.6. The first kappa shape index (κ1) is 27.5. The zero-order valence-electron chi connectivity index (χ0n) is 26.6. The van der Waals surface area contributed by atoms with Gasteiger partial charge in [0.25, 0.3) is 0 Å². The van der Waals surface area contributed by atoms with Crippen molar-refractivity contribution in [3.63, 3.8) is 0 Å². The third-order valence-electron chi connectivity index (χ3n) is 9.73. The highest BCUT2D eigenvalue weighted by molar-refractivity contribution is 6.26. The predicted octanol–water partition coefficient (Wildman–Crippen LogP) is 12.0. The molecule has 0 fully saturated rings. The highest BCUT2D eigenvalue weighted by Crippen LogP contribution is 2.44. The van der Waals surface area contributed by atoms with E-state index in [1.807, 2.05) is 30.3 Å². The van der Waals surface area contributed by atoms with E-state index in [1.54, 1.807) is 0 Å². The highest BCUT2D eigenvalue weighted by atomic mass is 15.0. The summed E-state index contributed by atoms with van der Waals surface area (Å²) in [5, 5.41) is 7.37. The summed E-state index contributed by atoms with van der Waals surface area (Å²) in [5.74, 6) is 0. The molecule has 2 aromatic heterocycles. The van der Waals surface area contributed by atoms with Crippen LogP contribution in [-0.2, 0) is 0 Å². The van der Waals surface area contributed by atoms with Crippen LogP contribution in [0.5, 0.6) is 0 Å². The van der Waals surface area contributed by atoms with Gasteiger partial charge in [0.15, 0.2) is 0 Å². The molecule has 0 bridgehead atoms. The monoisotopic (exact) mass is 623 g/mol. The van der Waals surface area contributed by atoms with Crippen molar-refractivity contribution in [3.05, 3.63) is 176 Å². The van der Waals surface area contributed by atoms with E-state index in [1.165, 1.54) is 54.5 Å². The van der Waals surface area contributed by atoms with Crippen LogP contribution in [0.3, 0.4) is 0 Å². The van der Waals surface area contributed by atoms with Gasteiger partial charge < -0.3 is 4.57 Å². The number of benzene rings is 8. The quantitative estimate of drug-likeness (QED) is 0.195. The number of hydrogen-bond acceptors (Lipinski definition) is 2. The van der Waals surface area contributed by atoms with E-state index in [0.29, 0.717) is 0 Å². The van der Waals surface area contributed by atoms with Crippen molar-refractivity contribution < 1.29 is 0 Å². The van der Waals surface area contributed by atoms with Crippen LogP contribution in [0.15, 0.2) is 176 Å². The molecule has 49 heavy (non-hydrogen) atoms. The predicted molar refractivity (Wildman–Crippen MR) is 205 cm³/mol. The van der Waals surface area contributed by atoms with Gasteiger partial charge in [0.1, 0.15) is 0 Å². The topological polar surface area (TPSA) is 30.7 Å².